The molecule has 28 heavy (non-hydrogen) atoms. The number of aryl methyl sites for hydroxylation is 1. The highest BCUT2D eigenvalue weighted by Gasteiger charge is 2.17. The first-order chi connectivity index (χ1) is 13.3. The average Bonchev–Trinajstić information content (AvgIpc) is 2.67. The van der Waals surface area contributed by atoms with Crippen molar-refractivity contribution in [2.75, 3.05) is 5.32 Å². The minimum atomic E-state index is -0.841. The summed E-state index contributed by atoms with van der Waals surface area (Å²) >= 11 is 0. The van der Waals surface area contributed by atoms with E-state index in [1.54, 1.807) is 6.92 Å². The molecule has 3 rings (SSSR count). The van der Waals surface area contributed by atoms with Crippen LogP contribution >= 0.6 is 0 Å². The second-order valence-electron chi connectivity index (χ2n) is 6.39. The summed E-state index contributed by atoms with van der Waals surface area (Å²) in [5.41, 5.74) is 2.76. The van der Waals surface area contributed by atoms with Gasteiger partial charge >= 0.3 is 0 Å². The van der Waals surface area contributed by atoms with Gasteiger partial charge in [-0.15, -0.1) is 5.10 Å². The lowest BCUT2D eigenvalue weighted by molar-refractivity contribution is -0.122. The molecule has 1 amide bonds. The van der Waals surface area contributed by atoms with E-state index in [1.165, 1.54) is 36.4 Å². The summed E-state index contributed by atoms with van der Waals surface area (Å²) in [5.74, 6) is -0.650. The van der Waals surface area contributed by atoms with E-state index in [9.17, 15) is 14.0 Å². The van der Waals surface area contributed by atoms with Gasteiger partial charge in [-0.3, -0.25) is 9.59 Å². The maximum atomic E-state index is 13.1. The number of amides is 1. The highest BCUT2D eigenvalue weighted by Crippen LogP contribution is 2.18. The molecule has 6 nitrogen and oxygen atoms in total. The minimum Gasteiger partial charge on any atom is -0.463 e. The first kappa shape index (κ1) is 19.3. The van der Waals surface area contributed by atoms with Crippen LogP contribution in [0.3, 0.4) is 0 Å². The molecule has 3 aromatic rings. The normalized spacial score (nSPS) is 11.7. The fraction of sp³-hybridized carbons (Fsp3) is 0.190. The zero-order valence-electron chi connectivity index (χ0n) is 15.8. The molecule has 1 aromatic heterocycles. The van der Waals surface area contributed by atoms with Crippen molar-refractivity contribution in [1.29, 1.82) is 0 Å². The third-order valence-electron chi connectivity index (χ3n) is 4.38. The molecule has 144 valence electrons. The summed E-state index contributed by atoms with van der Waals surface area (Å²) in [5, 5.41) is 6.95. The van der Waals surface area contributed by atoms with Crippen LogP contribution in [0.25, 0.3) is 5.69 Å². The topological polar surface area (TPSA) is 73.2 Å². The number of halogens is 1. The van der Waals surface area contributed by atoms with Gasteiger partial charge < -0.3 is 10.1 Å². The van der Waals surface area contributed by atoms with Crippen LogP contribution in [-0.4, -0.2) is 21.8 Å². The van der Waals surface area contributed by atoms with Crippen LogP contribution in [-0.2, 0) is 4.79 Å². The van der Waals surface area contributed by atoms with E-state index >= 15 is 0 Å². The third kappa shape index (κ3) is 4.25. The van der Waals surface area contributed by atoms with Crippen molar-refractivity contribution in [3.8, 4) is 11.6 Å². The van der Waals surface area contributed by atoms with Crippen LogP contribution in [0.5, 0.6) is 5.88 Å². The van der Waals surface area contributed by atoms with Gasteiger partial charge in [0, 0.05) is 17.8 Å². The molecule has 0 saturated heterocycles. The molecule has 0 bridgehead atoms. The van der Waals surface area contributed by atoms with Crippen LogP contribution in [0.15, 0.2) is 59.4 Å². The highest BCUT2D eigenvalue weighted by atomic mass is 19.1. The Morgan fingerprint density at radius 3 is 2.54 bits per heavy atom. The SMILES string of the molecule is Cc1cccc(NC(=O)[C@H](C)Oc2ccc(=O)n(-c3ccc(F)cc3)n2)c1C. The molecule has 0 aliphatic rings. The summed E-state index contributed by atoms with van der Waals surface area (Å²) in [6.07, 6.45) is -0.841. The lowest BCUT2D eigenvalue weighted by Gasteiger charge is -2.16. The van der Waals surface area contributed by atoms with E-state index in [4.69, 9.17) is 4.74 Å². The van der Waals surface area contributed by atoms with Gasteiger partial charge in [-0.25, -0.2) is 4.39 Å². The number of carbonyl (C=O) groups excluding carboxylic acids is 1. The summed E-state index contributed by atoms with van der Waals surface area (Å²) in [6.45, 7) is 5.49. The summed E-state index contributed by atoms with van der Waals surface area (Å²) in [4.78, 5) is 24.5. The standard InChI is InChI=1S/C21H20FN3O3/c1-13-5-4-6-18(14(13)2)23-21(27)15(3)28-19-11-12-20(26)25(24-19)17-9-7-16(22)8-10-17/h4-12,15H,1-3H3,(H,23,27)/t15-/m0/s1. The van der Waals surface area contributed by atoms with E-state index in [0.29, 0.717) is 11.4 Å². The van der Waals surface area contributed by atoms with Crippen LogP contribution in [0.1, 0.15) is 18.1 Å². The van der Waals surface area contributed by atoms with E-state index in [0.717, 1.165) is 15.8 Å². The number of benzene rings is 2. The van der Waals surface area contributed by atoms with Crippen LogP contribution < -0.4 is 15.6 Å². The zero-order valence-corrected chi connectivity index (χ0v) is 15.8. The van der Waals surface area contributed by atoms with Crippen LogP contribution in [0, 0.1) is 19.7 Å². The van der Waals surface area contributed by atoms with Gasteiger partial charge in [-0.1, -0.05) is 12.1 Å². The van der Waals surface area contributed by atoms with Crippen molar-refractivity contribution in [2.24, 2.45) is 0 Å². The molecule has 1 N–H and O–H groups in total. The second-order valence-corrected chi connectivity index (χ2v) is 6.39. The van der Waals surface area contributed by atoms with Crippen molar-refractivity contribution in [2.45, 2.75) is 26.9 Å². The van der Waals surface area contributed by atoms with Gasteiger partial charge in [0.15, 0.2) is 6.10 Å². The Morgan fingerprint density at radius 1 is 1.11 bits per heavy atom. The largest absolute Gasteiger partial charge is 0.463 e. The molecule has 0 radical (unpaired) electrons. The van der Waals surface area contributed by atoms with E-state index in [2.05, 4.69) is 10.4 Å². The number of ether oxygens (including phenoxy) is 1. The summed E-state index contributed by atoms with van der Waals surface area (Å²) in [6, 6.07) is 13.7. The second kappa shape index (κ2) is 8.04. The maximum Gasteiger partial charge on any atom is 0.271 e. The Balaban J connectivity index is 1.76. The summed E-state index contributed by atoms with van der Waals surface area (Å²) in [7, 11) is 0. The molecule has 0 spiro atoms. The Labute approximate surface area is 161 Å². The van der Waals surface area contributed by atoms with Gasteiger partial charge in [0.2, 0.25) is 5.88 Å². The number of anilines is 1. The third-order valence-corrected chi connectivity index (χ3v) is 4.38. The minimum absolute atomic E-state index is 0.104. The van der Waals surface area contributed by atoms with E-state index < -0.39 is 17.5 Å². The summed E-state index contributed by atoms with van der Waals surface area (Å²) < 4.78 is 19.8. The van der Waals surface area contributed by atoms with Crippen molar-refractivity contribution in [3.63, 3.8) is 0 Å². The Hall–Kier alpha value is -3.48. The molecule has 2 aromatic carbocycles. The molecule has 7 heteroatoms. The smallest absolute Gasteiger partial charge is 0.271 e. The van der Waals surface area contributed by atoms with Crippen molar-refractivity contribution in [3.05, 3.63) is 81.9 Å². The Bertz CT molecular complexity index is 1060. The van der Waals surface area contributed by atoms with Gasteiger partial charge in [0.1, 0.15) is 5.82 Å². The highest BCUT2D eigenvalue weighted by molar-refractivity contribution is 5.94. The van der Waals surface area contributed by atoms with Crippen LogP contribution in [0.2, 0.25) is 0 Å². The Morgan fingerprint density at radius 2 is 1.82 bits per heavy atom. The van der Waals surface area contributed by atoms with Gasteiger partial charge in [0.05, 0.1) is 5.69 Å². The van der Waals surface area contributed by atoms with Crippen molar-refractivity contribution >= 4 is 11.6 Å². The van der Waals surface area contributed by atoms with Crippen molar-refractivity contribution < 1.29 is 13.9 Å². The predicted molar refractivity (Wildman–Crippen MR) is 104 cm³/mol. The zero-order chi connectivity index (χ0) is 20.3. The fourth-order valence-electron chi connectivity index (χ4n) is 2.58. The fourth-order valence-corrected chi connectivity index (χ4v) is 2.58. The number of nitrogens with zero attached hydrogens (tertiary/aromatic N) is 2. The number of hydrogen-bond donors (Lipinski definition) is 1. The van der Waals surface area contributed by atoms with E-state index in [-0.39, 0.29) is 11.8 Å². The molecular formula is C21H20FN3O3. The van der Waals surface area contributed by atoms with Crippen molar-refractivity contribution in [1.82, 2.24) is 9.78 Å². The number of nitrogens with one attached hydrogen (secondary N) is 1. The number of aromatic nitrogens is 2. The first-order valence-corrected chi connectivity index (χ1v) is 8.75. The molecule has 0 aliphatic heterocycles. The van der Waals surface area contributed by atoms with E-state index in [1.807, 2.05) is 32.0 Å². The lowest BCUT2D eigenvalue weighted by Crippen LogP contribution is -2.31. The quantitative estimate of drug-likeness (QED) is 0.735. The molecule has 1 atom stereocenters. The van der Waals surface area contributed by atoms with Crippen LogP contribution in [0.4, 0.5) is 10.1 Å². The van der Waals surface area contributed by atoms with Gasteiger partial charge in [0.25, 0.3) is 11.5 Å². The first-order valence-electron chi connectivity index (χ1n) is 8.75. The molecule has 0 saturated carbocycles. The average molecular weight is 381 g/mol. The number of carbonyl (C=O) groups is 1. The molecule has 0 unspecified atom stereocenters. The number of hydrogen-bond acceptors (Lipinski definition) is 4. The maximum absolute atomic E-state index is 13.1. The molecule has 0 fully saturated rings. The number of rotatable bonds is 5. The monoisotopic (exact) mass is 381 g/mol. The molecule has 1 heterocycles. The molecular weight excluding hydrogens is 361 g/mol. The predicted octanol–water partition coefficient (Wildman–Crippen LogP) is 3.39. The lowest BCUT2D eigenvalue weighted by atomic mass is 10.1. The van der Waals surface area contributed by atoms with Gasteiger partial charge in [-0.05, 0) is 62.2 Å². The molecule has 0 aliphatic carbocycles. The Kier molecular flexibility index (Phi) is 5.54. The van der Waals surface area contributed by atoms with Gasteiger partial charge in [-0.2, -0.15) is 4.68 Å².